The van der Waals surface area contributed by atoms with E-state index < -0.39 is 11.2 Å². The van der Waals surface area contributed by atoms with Crippen LogP contribution in [-0.2, 0) is 11.8 Å². The molecule has 0 amide bonds. The van der Waals surface area contributed by atoms with Crippen molar-refractivity contribution in [1.29, 1.82) is 0 Å². The summed E-state index contributed by atoms with van der Waals surface area (Å²) in [5.41, 5.74) is 1.96. The molecule has 6 nitrogen and oxygen atoms in total. The van der Waals surface area contributed by atoms with Crippen LogP contribution in [-0.4, -0.2) is 42.0 Å². The summed E-state index contributed by atoms with van der Waals surface area (Å²) < 4.78 is 0. The van der Waals surface area contributed by atoms with E-state index in [4.69, 9.17) is 0 Å². The van der Waals surface area contributed by atoms with Crippen molar-refractivity contribution < 1.29 is 10.2 Å². The third kappa shape index (κ3) is 2.67. The van der Waals surface area contributed by atoms with Gasteiger partial charge >= 0.3 is 0 Å². The molecule has 4 aliphatic rings. The normalized spacial score (nSPS) is 36.9. The van der Waals surface area contributed by atoms with Crippen molar-refractivity contribution in [1.82, 2.24) is 20.6 Å². The lowest BCUT2D eigenvalue weighted by Gasteiger charge is -2.66. The molecule has 0 radical (unpaired) electrons. The van der Waals surface area contributed by atoms with Crippen LogP contribution in [0.4, 0.5) is 0 Å². The molecule has 3 aromatic rings. The Morgan fingerprint density at radius 2 is 1.43 bits per heavy atom. The second-order valence-electron chi connectivity index (χ2n) is 9.82. The Kier molecular flexibility index (Phi) is 3.78. The Bertz CT molecular complexity index is 1010. The predicted octanol–water partition coefficient (Wildman–Crippen LogP) is 3.03. The van der Waals surface area contributed by atoms with Crippen LogP contribution < -0.4 is 0 Å². The number of nitrogens with zero attached hydrogens (tertiary/aromatic N) is 3. The number of benzene rings is 2. The number of nitrogens with one attached hydrogen (secondary N) is 1. The zero-order chi connectivity index (χ0) is 20.4. The molecule has 4 saturated carbocycles. The van der Waals surface area contributed by atoms with Gasteiger partial charge in [0.15, 0.2) is 5.82 Å². The second-order valence-corrected chi connectivity index (χ2v) is 9.82. The Hall–Kier alpha value is -2.57. The van der Waals surface area contributed by atoms with E-state index in [2.05, 4.69) is 69.2 Å². The lowest BCUT2D eigenvalue weighted by molar-refractivity contribution is -0.228. The number of aromatic nitrogens is 4. The maximum atomic E-state index is 11.2. The lowest BCUT2D eigenvalue weighted by atomic mass is 9.40. The van der Waals surface area contributed by atoms with E-state index in [0.717, 1.165) is 25.7 Å². The van der Waals surface area contributed by atoms with Crippen LogP contribution in [0.3, 0.4) is 0 Å². The molecule has 4 fully saturated rings. The summed E-state index contributed by atoms with van der Waals surface area (Å²) in [5.74, 6) is 1.08. The summed E-state index contributed by atoms with van der Waals surface area (Å²) in [5, 5.41) is 37.2. The van der Waals surface area contributed by atoms with Crippen LogP contribution in [0.2, 0.25) is 0 Å². The van der Waals surface area contributed by atoms with Crippen molar-refractivity contribution in [3.63, 3.8) is 0 Å². The van der Waals surface area contributed by atoms with E-state index in [1.165, 1.54) is 16.7 Å². The largest absolute Gasteiger partial charge is 0.390 e. The minimum Gasteiger partial charge on any atom is -0.390 e. The van der Waals surface area contributed by atoms with Crippen molar-refractivity contribution >= 4 is 0 Å². The van der Waals surface area contributed by atoms with Crippen LogP contribution >= 0.6 is 0 Å². The van der Waals surface area contributed by atoms with E-state index in [1.54, 1.807) is 0 Å². The van der Waals surface area contributed by atoms with Gasteiger partial charge in [-0.05, 0) is 54.2 Å². The number of hydrogen-bond acceptors (Lipinski definition) is 5. The van der Waals surface area contributed by atoms with Crippen LogP contribution in [0, 0.1) is 11.8 Å². The third-order valence-electron chi connectivity index (χ3n) is 7.99. The SMILES string of the molecule is OC12CC3CC(O)(CC(C1)C3(Cc1nn[nH]n1)c1ccc(-c3ccccc3)cc1)C2. The molecule has 0 aliphatic heterocycles. The van der Waals surface area contributed by atoms with E-state index in [0.29, 0.717) is 18.7 Å². The minimum absolute atomic E-state index is 0.190. The topological polar surface area (TPSA) is 94.9 Å². The van der Waals surface area contributed by atoms with Gasteiger partial charge in [0.25, 0.3) is 0 Å². The summed E-state index contributed by atoms with van der Waals surface area (Å²) in [6.07, 6.45) is 4.09. The van der Waals surface area contributed by atoms with Gasteiger partial charge in [0.1, 0.15) is 0 Å². The molecule has 4 aliphatic carbocycles. The maximum Gasteiger partial charge on any atom is 0.175 e. The van der Waals surface area contributed by atoms with Crippen molar-refractivity contribution in [3.05, 3.63) is 66.0 Å². The number of hydrogen-bond donors (Lipinski definition) is 3. The average Bonchev–Trinajstić information content (AvgIpc) is 3.23. The summed E-state index contributed by atoms with van der Waals surface area (Å²) in [6.45, 7) is 0. The fourth-order valence-electron chi connectivity index (χ4n) is 7.09. The summed E-state index contributed by atoms with van der Waals surface area (Å²) in [6, 6.07) is 19.2. The number of tetrazole rings is 1. The van der Waals surface area contributed by atoms with E-state index in [9.17, 15) is 10.2 Å². The molecule has 1 heterocycles. The smallest absolute Gasteiger partial charge is 0.175 e. The van der Waals surface area contributed by atoms with Gasteiger partial charge in [0.2, 0.25) is 0 Å². The molecular weight excluding hydrogens is 376 g/mol. The molecule has 1 aromatic heterocycles. The van der Waals surface area contributed by atoms with Crippen LogP contribution in [0.5, 0.6) is 0 Å². The van der Waals surface area contributed by atoms with Gasteiger partial charge in [0, 0.05) is 18.3 Å². The van der Waals surface area contributed by atoms with E-state index >= 15 is 0 Å². The standard InChI is InChI=1S/C24H26N4O2/c29-22-10-19-11-23(30,15-22)13-20(12-22)24(19,14-21-25-27-28-26-21)18-8-6-17(7-9-18)16-4-2-1-3-5-16/h1-9,19-20,29-30H,10-15H2,(H,25,26,27,28). The molecule has 7 rings (SSSR count). The molecule has 154 valence electrons. The zero-order valence-electron chi connectivity index (χ0n) is 16.8. The van der Waals surface area contributed by atoms with E-state index in [-0.39, 0.29) is 17.3 Å². The Labute approximate surface area is 175 Å². The number of H-pyrrole nitrogens is 1. The average molecular weight is 402 g/mol. The van der Waals surface area contributed by atoms with Crippen molar-refractivity contribution in [2.75, 3.05) is 0 Å². The molecule has 2 aromatic carbocycles. The molecular formula is C24H26N4O2. The second kappa shape index (κ2) is 6.22. The van der Waals surface area contributed by atoms with Gasteiger partial charge in [-0.1, -0.05) is 59.8 Å². The quantitative estimate of drug-likeness (QED) is 0.624. The highest BCUT2D eigenvalue weighted by molar-refractivity contribution is 5.63. The Morgan fingerprint density at radius 1 is 0.833 bits per heavy atom. The highest BCUT2D eigenvalue weighted by Crippen LogP contribution is 2.66. The molecule has 0 unspecified atom stereocenters. The highest BCUT2D eigenvalue weighted by atomic mass is 16.3. The van der Waals surface area contributed by atoms with Gasteiger partial charge in [-0.2, -0.15) is 5.21 Å². The maximum absolute atomic E-state index is 11.2. The highest BCUT2D eigenvalue weighted by Gasteiger charge is 2.66. The fraction of sp³-hybridized carbons (Fsp3) is 0.458. The molecule has 0 saturated heterocycles. The number of aromatic amines is 1. The van der Waals surface area contributed by atoms with E-state index in [1.807, 2.05) is 6.07 Å². The number of rotatable bonds is 4. The molecule has 6 heteroatoms. The summed E-state index contributed by atoms with van der Waals surface area (Å²) in [7, 11) is 0. The summed E-state index contributed by atoms with van der Waals surface area (Å²) in [4.78, 5) is 0. The first kappa shape index (κ1) is 18.2. The fourth-order valence-corrected chi connectivity index (χ4v) is 7.09. The van der Waals surface area contributed by atoms with Crippen molar-refractivity contribution in [3.8, 4) is 11.1 Å². The third-order valence-corrected chi connectivity index (χ3v) is 7.99. The molecule has 0 spiro atoms. The van der Waals surface area contributed by atoms with Crippen molar-refractivity contribution in [2.24, 2.45) is 11.8 Å². The molecule has 0 atom stereocenters. The van der Waals surface area contributed by atoms with Crippen LogP contribution in [0.15, 0.2) is 54.6 Å². The first-order valence-electron chi connectivity index (χ1n) is 10.8. The number of aliphatic hydroxyl groups is 2. The first-order valence-corrected chi connectivity index (χ1v) is 10.8. The van der Waals surface area contributed by atoms with Gasteiger partial charge in [-0.15, -0.1) is 10.2 Å². The zero-order valence-corrected chi connectivity index (χ0v) is 16.8. The Morgan fingerprint density at radius 3 is 2.00 bits per heavy atom. The predicted molar refractivity (Wildman–Crippen MR) is 111 cm³/mol. The monoisotopic (exact) mass is 402 g/mol. The van der Waals surface area contributed by atoms with Crippen molar-refractivity contribution in [2.45, 2.75) is 55.1 Å². The molecule has 4 bridgehead atoms. The molecule has 3 N–H and O–H groups in total. The minimum atomic E-state index is -0.745. The lowest BCUT2D eigenvalue weighted by Crippen LogP contribution is -2.68. The Balaban J connectivity index is 1.45. The molecule has 30 heavy (non-hydrogen) atoms. The van der Waals surface area contributed by atoms with Gasteiger partial charge in [0.05, 0.1) is 11.2 Å². The van der Waals surface area contributed by atoms with Gasteiger partial charge in [-0.3, -0.25) is 0 Å². The summed E-state index contributed by atoms with van der Waals surface area (Å²) >= 11 is 0. The van der Waals surface area contributed by atoms with Gasteiger partial charge in [-0.25, -0.2) is 0 Å². The van der Waals surface area contributed by atoms with Gasteiger partial charge < -0.3 is 10.2 Å². The van der Waals surface area contributed by atoms with Crippen LogP contribution in [0.1, 0.15) is 43.5 Å². The van der Waals surface area contributed by atoms with Crippen LogP contribution in [0.25, 0.3) is 11.1 Å². The first-order chi connectivity index (χ1) is 14.5.